The zero-order chi connectivity index (χ0) is 35.5. The van der Waals surface area contributed by atoms with Gasteiger partial charge >= 0.3 is 5.97 Å². The number of rotatable bonds is 16. The first kappa shape index (κ1) is 36.6. The number of aliphatic hydroxyl groups excluding tert-OH is 1. The summed E-state index contributed by atoms with van der Waals surface area (Å²) in [5.74, 6) is -2.22. The molecule has 0 bridgehead atoms. The second-order valence-electron chi connectivity index (χ2n) is 12.7. The Morgan fingerprint density at radius 3 is 2.18 bits per heavy atom. The van der Waals surface area contributed by atoms with Crippen molar-refractivity contribution in [1.29, 1.82) is 0 Å². The Hall–Kier alpha value is -4.71. The average molecular weight is 683 g/mol. The minimum absolute atomic E-state index is 0.0670. The van der Waals surface area contributed by atoms with Crippen LogP contribution in [0.15, 0.2) is 101 Å². The van der Waals surface area contributed by atoms with Gasteiger partial charge in [-0.05, 0) is 62.0 Å². The number of non-ortho nitro benzene ring substituents is 1. The molecule has 3 aromatic rings. The molecule has 2 unspecified atom stereocenters. The van der Waals surface area contributed by atoms with E-state index in [1.54, 1.807) is 24.1 Å². The van der Waals surface area contributed by atoms with Crippen molar-refractivity contribution in [2.75, 3.05) is 53.1 Å². The van der Waals surface area contributed by atoms with Gasteiger partial charge in [0.25, 0.3) is 5.69 Å². The van der Waals surface area contributed by atoms with Gasteiger partial charge in [0.15, 0.2) is 0 Å². The highest BCUT2D eigenvalue weighted by molar-refractivity contribution is 6.05. The van der Waals surface area contributed by atoms with Crippen molar-refractivity contribution in [1.82, 2.24) is 9.80 Å². The van der Waals surface area contributed by atoms with Crippen molar-refractivity contribution >= 4 is 23.8 Å². The number of hydrogen-bond donors (Lipinski definition) is 1. The van der Waals surface area contributed by atoms with E-state index >= 15 is 0 Å². The number of nitro groups is 1. The van der Waals surface area contributed by atoms with Crippen molar-refractivity contribution < 1.29 is 29.1 Å². The third-order valence-electron chi connectivity index (χ3n) is 9.93. The number of aliphatic imine (C=N–C) groups is 1. The smallest absolute Gasteiger partial charge is 0.315 e. The number of allylic oxidation sites excluding steroid dienone is 1. The fourth-order valence-electron chi connectivity index (χ4n) is 7.49. The molecule has 0 aromatic heterocycles. The number of aliphatic hydroxyl groups is 1. The van der Waals surface area contributed by atoms with Crippen molar-refractivity contribution in [2.45, 2.75) is 43.9 Å². The first-order valence-corrected chi connectivity index (χ1v) is 17.2. The van der Waals surface area contributed by atoms with Gasteiger partial charge in [0.1, 0.15) is 12.5 Å². The Balaban J connectivity index is 1.39. The zero-order valence-corrected chi connectivity index (χ0v) is 28.8. The van der Waals surface area contributed by atoms with Gasteiger partial charge in [0.05, 0.1) is 29.5 Å². The van der Waals surface area contributed by atoms with E-state index in [0.717, 1.165) is 38.9 Å². The molecule has 0 aliphatic carbocycles. The van der Waals surface area contributed by atoms with Crippen molar-refractivity contribution in [3.63, 3.8) is 0 Å². The van der Waals surface area contributed by atoms with Gasteiger partial charge in [0.2, 0.25) is 6.41 Å². The number of ether oxygens (including phenoxy) is 2. The number of piperidine rings is 1. The summed E-state index contributed by atoms with van der Waals surface area (Å²) < 4.78 is 11.0. The third-order valence-corrected chi connectivity index (χ3v) is 9.93. The maximum Gasteiger partial charge on any atom is 0.315 e. The average Bonchev–Trinajstić information content (AvgIpc) is 3.16. The molecular weight excluding hydrogens is 636 g/mol. The lowest BCUT2D eigenvalue weighted by Crippen LogP contribution is -2.44. The first-order valence-electron chi connectivity index (χ1n) is 17.2. The van der Waals surface area contributed by atoms with Gasteiger partial charge in [0, 0.05) is 42.8 Å². The summed E-state index contributed by atoms with van der Waals surface area (Å²) in [4.78, 5) is 46.4. The number of carbonyl (C=O) groups excluding carboxylic acids is 2. The van der Waals surface area contributed by atoms with Gasteiger partial charge in [-0.25, -0.2) is 0 Å². The van der Waals surface area contributed by atoms with Gasteiger partial charge in [-0.3, -0.25) is 24.7 Å². The largest absolute Gasteiger partial charge is 0.463 e. The lowest BCUT2D eigenvalue weighted by atomic mass is 9.68. The Morgan fingerprint density at radius 1 is 1.04 bits per heavy atom. The summed E-state index contributed by atoms with van der Waals surface area (Å²) in [6, 6.07) is 27.4. The molecule has 0 saturated carbocycles. The fraction of sp³-hybridized carbons (Fsp3) is 0.410. The van der Waals surface area contributed by atoms with Gasteiger partial charge < -0.3 is 24.4 Å². The number of nitrogens with zero attached hydrogens (tertiary/aromatic N) is 4. The van der Waals surface area contributed by atoms with Crippen molar-refractivity contribution in [2.24, 2.45) is 10.9 Å². The highest BCUT2D eigenvalue weighted by Gasteiger charge is 2.43. The number of amides is 1. The minimum Gasteiger partial charge on any atom is -0.463 e. The van der Waals surface area contributed by atoms with Crippen LogP contribution in [0.3, 0.4) is 0 Å². The van der Waals surface area contributed by atoms with E-state index in [9.17, 15) is 24.8 Å². The molecule has 3 aromatic carbocycles. The van der Waals surface area contributed by atoms with Crippen LogP contribution in [-0.2, 0) is 24.5 Å². The van der Waals surface area contributed by atoms with Crippen LogP contribution < -0.4 is 0 Å². The maximum absolute atomic E-state index is 13.6. The molecule has 2 aliphatic rings. The molecule has 1 N–H and O–H groups in total. The lowest BCUT2D eigenvalue weighted by molar-refractivity contribution is -0.384. The van der Waals surface area contributed by atoms with Crippen molar-refractivity contribution in [3.05, 3.63) is 123 Å². The molecule has 264 valence electrons. The number of esters is 1. The minimum atomic E-state index is -0.905. The molecule has 0 radical (unpaired) electrons. The Bertz CT molecular complexity index is 1610. The Morgan fingerprint density at radius 2 is 1.66 bits per heavy atom. The van der Waals surface area contributed by atoms with E-state index in [-0.39, 0.29) is 30.9 Å². The maximum atomic E-state index is 13.6. The normalized spacial score (nSPS) is 19.1. The van der Waals surface area contributed by atoms with E-state index in [0.29, 0.717) is 42.1 Å². The van der Waals surface area contributed by atoms with Crippen LogP contribution >= 0.6 is 0 Å². The van der Waals surface area contributed by atoms with Gasteiger partial charge in [-0.2, -0.15) is 0 Å². The number of hydrogen-bond acceptors (Lipinski definition) is 9. The Kier molecular flexibility index (Phi) is 12.6. The van der Waals surface area contributed by atoms with Crippen LogP contribution in [0.1, 0.15) is 55.2 Å². The molecular formula is C39H46N4O7. The molecule has 2 heterocycles. The third kappa shape index (κ3) is 8.01. The van der Waals surface area contributed by atoms with Gasteiger partial charge in [-0.15, -0.1) is 0 Å². The Labute approximate surface area is 293 Å². The predicted molar refractivity (Wildman–Crippen MR) is 191 cm³/mol. The predicted octanol–water partition coefficient (Wildman–Crippen LogP) is 5.48. The molecule has 1 fully saturated rings. The van der Waals surface area contributed by atoms with Crippen LogP contribution in [0.5, 0.6) is 0 Å². The second-order valence-corrected chi connectivity index (χ2v) is 12.7. The molecule has 11 nitrogen and oxygen atoms in total. The SMILES string of the molecule is CCC1=NC(COC)=C(N(C=O)CCCN2CCC(c3ccccc3)(c3ccccc3)CC2)C(c2ccc([N+](=O)[O-])cc2)C1C(=O)OCCO. The molecule has 5 rings (SSSR count). The number of nitro benzene ring substituents is 1. The van der Waals surface area contributed by atoms with Crippen LogP contribution in [-0.4, -0.2) is 91.0 Å². The molecule has 50 heavy (non-hydrogen) atoms. The van der Waals surface area contributed by atoms with E-state index < -0.39 is 22.7 Å². The summed E-state index contributed by atoms with van der Waals surface area (Å²) in [5.41, 5.74) is 4.66. The van der Waals surface area contributed by atoms with Crippen LogP contribution in [0.4, 0.5) is 5.69 Å². The van der Waals surface area contributed by atoms with Crippen LogP contribution in [0, 0.1) is 16.0 Å². The molecule has 1 amide bonds. The van der Waals surface area contributed by atoms with Gasteiger partial charge in [-0.1, -0.05) is 79.7 Å². The zero-order valence-electron chi connectivity index (χ0n) is 28.8. The number of carbonyl (C=O) groups is 2. The quantitative estimate of drug-likeness (QED) is 0.0909. The molecule has 1 saturated heterocycles. The molecule has 2 atom stereocenters. The summed E-state index contributed by atoms with van der Waals surface area (Å²) in [5, 5.41) is 20.9. The number of benzene rings is 3. The van der Waals surface area contributed by atoms with E-state index in [4.69, 9.17) is 14.5 Å². The lowest BCUT2D eigenvalue weighted by Gasteiger charge is -2.43. The molecule has 0 spiro atoms. The summed E-state index contributed by atoms with van der Waals surface area (Å²) in [6.07, 6.45) is 3.79. The van der Waals surface area contributed by atoms with Crippen LogP contribution in [0.2, 0.25) is 0 Å². The number of likely N-dealkylation sites (tertiary alicyclic amines) is 1. The summed E-state index contributed by atoms with van der Waals surface area (Å²) in [7, 11) is 1.54. The standard InChI is InChI=1S/C39H46N4O7/c1-3-33-36(38(46)50-26-25-44)35(29-15-17-32(18-16-29)43(47)48)37(34(40-33)27-49-2)42(28-45)22-10-21-41-23-19-39(20-24-41,30-11-6-4-7-12-30)31-13-8-5-9-14-31/h4-9,11-18,28,35-36,44H,3,10,19-27H2,1-2H3. The van der Waals surface area contributed by atoms with Crippen LogP contribution in [0.25, 0.3) is 0 Å². The second kappa shape index (κ2) is 17.3. The van der Waals surface area contributed by atoms with Crippen molar-refractivity contribution in [3.8, 4) is 0 Å². The highest BCUT2D eigenvalue weighted by Crippen LogP contribution is 2.43. The number of methoxy groups -OCH3 is 1. The topological polar surface area (TPSA) is 135 Å². The summed E-state index contributed by atoms with van der Waals surface area (Å²) >= 11 is 0. The fourth-order valence-corrected chi connectivity index (χ4v) is 7.49. The molecule has 11 heteroatoms. The monoisotopic (exact) mass is 682 g/mol. The molecule has 2 aliphatic heterocycles. The summed E-state index contributed by atoms with van der Waals surface area (Å²) in [6.45, 7) is 4.38. The first-order chi connectivity index (χ1) is 24.4. The van der Waals surface area contributed by atoms with E-state index in [2.05, 4.69) is 65.6 Å². The van der Waals surface area contributed by atoms with E-state index in [1.165, 1.54) is 23.3 Å². The van der Waals surface area contributed by atoms with E-state index in [1.807, 2.05) is 6.92 Å². The highest BCUT2D eigenvalue weighted by atomic mass is 16.6.